The van der Waals surface area contributed by atoms with E-state index in [1.165, 1.54) is 33.4 Å². The lowest BCUT2D eigenvalue weighted by atomic mass is 9.99. The largest absolute Gasteiger partial charge is 0.492 e. The summed E-state index contributed by atoms with van der Waals surface area (Å²) in [4.78, 5) is 30.1. The van der Waals surface area contributed by atoms with E-state index in [1.807, 2.05) is 6.07 Å². The van der Waals surface area contributed by atoms with Crippen LogP contribution in [0, 0.1) is 23.2 Å². The second-order valence-electron chi connectivity index (χ2n) is 10.9. The predicted octanol–water partition coefficient (Wildman–Crippen LogP) is 3.97. The third-order valence-corrected chi connectivity index (χ3v) is 9.66. The highest BCUT2D eigenvalue weighted by Gasteiger charge is 2.39. The molecule has 0 saturated heterocycles. The average Bonchev–Trinajstić information content (AvgIpc) is 3.89. The van der Waals surface area contributed by atoms with Crippen molar-refractivity contribution in [1.82, 2.24) is 14.1 Å². The molecule has 2 aromatic carbocycles. The number of aromatic hydroxyl groups is 1. The summed E-state index contributed by atoms with van der Waals surface area (Å²) in [5, 5.41) is 20.4. The molecule has 2 aromatic heterocycles. The minimum absolute atomic E-state index is 0.0780. The summed E-state index contributed by atoms with van der Waals surface area (Å²) < 4.78 is 30.6. The Labute approximate surface area is 236 Å². The maximum Gasteiger partial charge on any atom is 0.277 e. The van der Waals surface area contributed by atoms with Gasteiger partial charge in [0.2, 0.25) is 15.7 Å². The zero-order valence-corrected chi connectivity index (χ0v) is 23.2. The number of aryl methyl sites for hydroxylation is 1. The monoisotopic (exact) mass is 568 g/mol. The fourth-order valence-corrected chi connectivity index (χ4v) is 6.72. The van der Waals surface area contributed by atoms with Gasteiger partial charge < -0.3 is 9.67 Å². The summed E-state index contributed by atoms with van der Waals surface area (Å²) >= 11 is 0. The summed E-state index contributed by atoms with van der Waals surface area (Å²) in [7, 11) is -2.86. The van der Waals surface area contributed by atoms with Crippen molar-refractivity contribution >= 4 is 9.84 Å². The second kappa shape index (κ2) is 10.2. The number of benzene rings is 2. The Morgan fingerprint density at radius 3 is 2.41 bits per heavy atom. The second-order valence-corrected chi connectivity index (χ2v) is 12.8. The van der Waals surface area contributed by atoms with Crippen LogP contribution in [0.4, 0.5) is 0 Å². The van der Waals surface area contributed by atoms with Gasteiger partial charge in [-0.1, -0.05) is 24.3 Å². The summed E-state index contributed by atoms with van der Waals surface area (Å²) in [6.07, 6.45) is 5.73. The van der Waals surface area contributed by atoms with Crippen LogP contribution in [0.5, 0.6) is 5.88 Å². The van der Waals surface area contributed by atoms with Gasteiger partial charge in [-0.15, -0.1) is 0 Å². The quantitative estimate of drug-likeness (QED) is 0.340. The highest BCUT2D eigenvalue weighted by molar-refractivity contribution is 7.91. The Kier molecular flexibility index (Phi) is 6.62. The van der Waals surface area contributed by atoms with Crippen LogP contribution in [0.3, 0.4) is 0 Å². The van der Waals surface area contributed by atoms with E-state index in [2.05, 4.69) is 11.1 Å². The molecular formula is C31H28N4O5S. The number of nitriles is 1. The normalized spacial score (nSPS) is 15.8. The molecule has 2 aliphatic rings. The van der Waals surface area contributed by atoms with Crippen molar-refractivity contribution in [3.05, 3.63) is 105 Å². The third-order valence-electron chi connectivity index (χ3n) is 7.87. The Morgan fingerprint density at radius 1 is 1.02 bits per heavy atom. The van der Waals surface area contributed by atoms with E-state index < -0.39 is 32.2 Å². The minimum Gasteiger partial charge on any atom is -0.492 e. The first-order valence-electron chi connectivity index (χ1n) is 13.5. The molecule has 4 aromatic rings. The first kappa shape index (κ1) is 26.7. The van der Waals surface area contributed by atoms with Crippen molar-refractivity contribution in [1.29, 1.82) is 5.26 Å². The number of hydrogen-bond donors (Lipinski definition) is 1. The molecule has 0 aliphatic heterocycles. The topological polar surface area (TPSA) is 135 Å². The van der Waals surface area contributed by atoms with E-state index >= 15 is 0 Å². The van der Waals surface area contributed by atoms with Crippen molar-refractivity contribution < 1.29 is 13.5 Å². The number of sulfone groups is 1. The highest BCUT2D eigenvalue weighted by atomic mass is 32.2. The van der Waals surface area contributed by atoms with Crippen LogP contribution < -0.4 is 11.1 Å². The fourth-order valence-electron chi connectivity index (χ4n) is 5.38. The summed E-state index contributed by atoms with van der Waals surface area (Å²) in [5.74, 6) is -0.0699. The molecule has 0 amide bonds. The Bertz CT molecular complexity index is 1930. The zero-order chi connectivity index (χ0) is 28.9. The van der Waals surface area contributed by atoms with Crippen molar-refractivity contribution in [3.63, 3.8) is 0 Å². The lowest BCUT2D eigenvalue weighted by Gasteiger charge is -2.24. The summed E-state index contributed by atoms with van der Waals surface area (Å²) in [6.45, 7) is 0. The molecule has 2 saturated carbocycles. The van der Waals surface area contributed by atoms with E-state index in [4.69, 9.17) is 0 Å². The third kappa shape index (κ3) is 4.98. The number of nitrogens with zero attached hydrogens (tertiary/aromatic N) is 4. The van der Waals surface area contributed by atoms with Gasteiger partial charge in [0.25, 0.3) is 11.1 Å². The van der Waals surface area contributed by atoms with E-state index in [0.29, 0.717) is 34.9 Å². The van der Waals surface area contributed by atoms with Crippen LogP contribution >= 0.6 is 0 Å². The van der Waals surface area contributed by atoms with Gasteiger partial charge in [0, 0.05) is 25.2 Å². The van der Waals surface area contributed by atoms with Gasteiger partial charge in [-0.25, -0.2) is 8.42 Å². The summed E-state index contributed by atoms with van der Waals surface area (Å²) in [5.41, 5.74) is 1.05. The number of aromatic nitrogens is 3. The molecule has 1 atom stereocenters. The number of rotatable bonds is 8. The van der Waals surface area contributed by atoms with Crippen LogP contribution in [0.25, 0.3) is 11.1 Å². The highest BCUT2D eigenvalue weighted by Crippen LogP contribution is 2.45. The van der Waals surface area contributed by atoms with E-state index in [0.717, 1.165) is 31.2 Å². The van der Waals surface area contributed by atoms with Crippen LogP contribution in [0.15, 0.2) is 86.2 Å². The van der Waals surface area contributed by atoms with E-state index in [9.17, 15) is 28.4 Å². The Hall–Kier alpha value is -4.49. The van der Waals surface area contributed by atoms with Gasteiger partial charge in [0.1, 0.15) is 5.82 Å². The molecule has 208 valence electrons. The zero-order valence-electron chi connectivity index (χ0n) is 22.4. The molecular weight excluding hydrogens is 540 g/mol. The van der Waals surface area contributed by atoms with Gasteiger partial charge in [0.05, 0.1) is 22.6 Å². The standard InChI is InChI=1S/C31H28N4O5S/c1-34-15-3-6-25(30(34)37)21-11-13-24(14-12-21)41(39,40)28-29(36)33-26(17-19-7-8-19)35(31(28)38)27(22-9-10-22)23-5-2-4-20(16-23)18-32/h2-6,11-16,19,22,27,36H,7-10,17H2,1H3/t27-/m0/s1. The van der Waals surface area contributed by atoms with Crippen molar-refractivity contribution in [2.75, 3.05) is 0 Å². The molecule has 0 bridgehead atoms. The van der Waals surface area contributed by atoms with Gasteiger partial charge >= 0.3 is 0 Å². The van der Waals surface area contributed by atoms with Crippen molar-refractivity contribution in [2.45, 2.75) is 47.9 Å². The molecule has 9 nitrogen and oxygen atoms in total. The smallest absolute Gasteiger partial charge is 0.277 e. The fraction of sp³-hybridized carbons (Fsp3) is 0.290. The van der Waals surface area contributed by atoms with Crippen LogP contribution in [-0.2, 0) is 23.3 Å². The predicted molar refractivity (Wildman–Crippen MR) is 151 cm³/mol. The SMILES string of the molecule is Cn1cccc(-c2ccc(S(=O)(=O)c3c(O)nc(CC4CC4)n([C@H](c4cccc(C#N)c4)C4CC4)c3=O)cc2)c1=O. The minimum atomic E-state index is -4.48. The molecule has 41 heavy (non-hydrogen) atoms. The van der Waals surface area contributed by atoms with Gasteiger partial charge in [-0.05, 0) is 85.0 Å². The molecule has 0 radical (unpaired) electrons. The van der Waals surface area contributed by atoms with E-state index in [1.54, 1.807) is 43.6 Å². The molecule has 0 unspecified atom stereocenters. The van der Waals surface area contributed by atoms with Crippen molar-refractivity contribution in [3.8, 4) is 23.1 Å². The van der Waals surface area contributed by atoms with Crippen molar-refractivity contribution in [2.24, 2.45) is 18.9 Å². The van der Waals surface area contributed by atoms with Crippen LogP contribution in [0.1, 0.15) is 48.7 Å². The maximum atomic E-state index is 14.2. The molecule has 2 heterocycles. The molecule has 6 rings (SSSR count). The lowest BCUT2D eigenvalue weighted by Crippen LogP contribution is -2.34. The van der Waals surface area contributed by atoms with E-state index in [-0.39, 0.29) is 16.4 Å². The Morgan fingerprint density at radius 2 is 1.76 bits per heavy atom. The maximum absolute atomic E-state index is 14.2. The average molecular weight is 569 g/mol. The van der Waals surface area contributed by atoms with Gasteiger partial charge in [0.15, 0.2) is 4.90 Å². The number of pyridine rings is 1. The summed E-state index contributed by atoms with van der Waals surface area (Å²) in [6, 6.07) is 17.7. The van der Waals surface area contributed by atoms with Crippen LogP contribution in [-0.4, -0.2) is 27.6 Å². The Balaban J connectivity index is 1.49. The van der Waals surface area contributed by atoms with Gasteiger partial charge in [-0.2, -0.15) is 10.2 Å². The molecule has 10 heteroatoms. The van der Waals surface area contributed by atoms with Gasteiger partial charge in [-0.3, -0.25) is 14.2 Å². The molecule has 0 spiro atoms. The first-order chi connectivity index (χ1) is 19.7. The lowest BCUT2D eigenvalue weighted by molar-refractivity contribution is 0.399. The molecule has 2 fully saturated rings. The number of hydrogen-bond acceptors (Lipinski definition) is 7. The van der Waals surface area contributed by atoms with Crippen LogP contribution in [0.2, 0.25) is 0 Å². The molecule has 1 N–H and O–H groups in total. The first-order valence-corrected chi connectivity index (χ1v) is 15.0. The molecule has 2 aliphatic carbocycles.